The van der Waals surface area contributed by atoms with Crippen LogP contribution in [0.5, 0.6) is 0 Å². The minimum Gasteiger partial charge on any atom is -0.479 e. The topological polar surface area (TPSA) is 371 Å². The second kappa shape index (κ2) is 21.0. The third-order valence-corrected chi connectivity index (χ3v) is 21.0. The number of carboxylic acid groups (broad SMARTS) is 1. The van der Waals surface area contributed by atoms with Crippen LogP contribution in [-0.2, 0) is 47.5 Å². The van der Waals surface area contributed by atoms with Gasteiger partial charge in [0.2, 0.25) is 6.29 Å². The Morgan fingerprint density at radius 2 is 1.20 bits per heavy atom. The van der Waals surface area contributed by atoms with Gasteiger partial charge in [-0.15, -0.1) is 0 Å². The van der Waals surface area contributed by atoms with Crippen LogP contribution in [0.15, 0.2) is 11.6 Å². The number of rotatable bonds is 11. The molecular weight excluding hydrogens is 1000 g/mol. The monoisotopic (exact) mass is 1090 g/mol. The lowest BCUT2D eigenvalue weighted by Gasteiger charge is -2.71. The Labute approximate surface area is 442 Å². The Morgan fingerprint density at radius 1 is 0.605 bits per heavy atom. The number of carbonyl (C=O) groups excluding carboxylic acids is 1. The molecule has 23 heteroatoms. The van der Waals surface area contributed by atoms with Crippen molar-refractivity contribution in [2.45, 2.75) is 235 Å². The summed E-state index contributed by atoms with van der Waals surface area (Å²) in [6.45, 7) is 13.7. The fourth-order valence-electron chi connectivity index (χ4n) is 16.2. The van der Waals surface area contributed by atoms with Crippen LogP contribution in [-0.4, -0.2) is 221 Å². The van der Waals surface area contributed by atoms with E-state index >= 15 is 0 Å². The molecule has 23 nitrogen and oxygen atoms in total. The van der Waals surface area contributed by atoms with Gasteiger partial charge in [0.15, 0.2) is 25.0 Å². The van der Waals surface area contributed by atoms with Gasteiger partial charge in [0, 0.05) is 0 Å². The molecule has 4 saturated carbocycles. The fourth-order valence-corrected chi connectivity index (χ4v) is 16.2. The van der Waals surface area contributed by atoms with Crippen LogP contribution in [0, 0.1) is 50.2 Å². The lowest BCUT2D eigenvalue weighted by Crippen LogP contribution is -2.68. The summed E-state index contributed by atoms with van der Waals surface area (Å²) in [7, 11) is 0. The number of fused-ring (bicyclic) bond motifs is 7. The molecule has 2 unspecified atom stereocenters. The van der Waals surface area contributed by atoms with E-state index in [-0.39, 0.29) is 39.4 Å². The van der Waals surface area contributed by atoms with Gasteiger partial charge in [-0.05, 0) is 109 Å². The number of aliphatic hydroxyl groups is 12. The quantitative estimate of drug-likeness (QED) is 0.0649. The van der Waals surface area contributed by atoms with E-state index in [1.165, 1.54) is 5.57 Å². The van der Waals surface area contributed by atoms with Gasteiger partial charge < -0.3 is 104 Å². The number of carboxylic acids is 1. The van der Waals surface area contributed by atoms with E-state index in [1.54, 1.807) is 0 Å². The highest BCUT2D eigenvalue weighted by Gasteiger charge is 2.70. The van der Waals surface area contributed by atoms with E-state index in [2.05, 4.69) is 54.5 Å². The zero-order valence-electron chi connectivity index (χ0n) is 44.4. The maximum atomic E-state index is 14.8. The minimum atomic E-state index is -2.10. The van der Waals surface area contributed by atoms with Gasteiger partial charge in [-0.25, -0.2) is 4.79 Å². The Morgan fingerprint density at radius 3 is 1.83 bits per heavy atom. The fraction of sp³-hybridized carbons (Fsp3) is 0.925. The molecular formula is C53H84O23. The smallest absolute Gasteiger partial charge is 0.335 e. The first-order valence-electron chi connectivity index (χ1n) is 27.2. The molecule has 0 aromatic carbocycles. The summed E-state index contributed by atoms with van der Waals surface area (Å²) in [5, 5.41) is 138. The van der Waals surface area contributed by atoms with E-state index in [9.17, 15) is 76.0 Å². The molecule has 0 spiro atoms. The first-order chi connectivity index (χ1) is 35.5. The Bertz CT molecular complexity index is 2140. The van der Waals surface area contributed by atoms with Gasteiger partial charge in [0.25, 0.3) is 0 Å². The molecule has 4 heterocycles. The first kappa shape index (κ1) is 58.6. The van der Waals surface area contributed by atoms with Crippen molar-refractivity contribution in [2.24, 2.45) is 50.2 Å². The number of hydrogen-bond donors (Lipinski definition) is 13. The summed E-state index contributed by atoms with van der Waals surface area (Å²) in [4.78, 5) is 27.6. The second-order valence-corrected chi connectivity index (χ2v) is 25.9. The van der Waals surface area contributed by atoms with Gasteiger partial charge in [0.1, 0.15) is 85.5 Å². The first-order valence-corrected chi connectivity index (χ1v) is 27.2. The summed E-state index contributed by atoms with van der Waals surface area (Å²) < 4.78 is 48.1. The number of aliphatic carboxylic acids is 1. The number of aliphatic hydroxyl groups excluding tert-OH is 12. The molecule has 0 aromatic heterocycles. The molecule has 76 heavy (non-hydrogen) atoms. The van der Waals surface area contributed by atoms with Crippen molar-refractivity contribution in [2.75, 3.05) is 19.8 Å². The predicted octanol–water partition coefficient (Wildman–Crippen LogP) is -1.30. The number of hydrogen-bond acceptors (Lipinski definition) is 22. The third-order valence-electron chi connectivity index (χ3n) is 21.0. The van der Waals surface area contributed by atoms with Crippen molar-refractivity contribution < 1.29 is 114 Å². The predicted molar refractivity (Wildman–Crippen MR) is 257 cm³/mol. The van der Waals surface area contributed by atoms with E-state index in [0.29, 0.717) is 44.9 Å². The van der Waals surface area contributed by atoms with Crippen LogP contribution in [0.2, 0.25) is 0 Å². The molecule has 13 N–H and O–H groups in total. The van der Waals surface area contributed by atoms with E-state index in [1.807, 2.05) is 0 Å². The molecule has 434 valence electrons. The van der Waals surface area contributed by atoms with Gasteiger partial charge in [0.05, 0.1) is 31.3 Å². The zero-order chi connectivity index (χ0) is 55.6. The lowest BCUT2D eigenvalue weighted by molar-refractivity contribution is -0.391. The molecule has 4 saturated heterocycles. The van der Waals surface area contributed by atoms with Crippen LogP contribution in [0.3, 0.4) is 0 Å². The molecule has 0 aromatic rings. The van der Waals surface area contributed by atoms with Crippen molar-refractivity contribution in [1.82, 2.24) is 0 Å². The molecule has 0 radical (unpaired) electrons. The van der Waals surface area contributed by atoms with Gasteiger partial charge >= 0.3 is 11.9 Å². The molecule has 9 rings (SSSR count). The molecule has 27 atom stereocenters. The number of allylic oxidation sites excluding steroid dienone is 2. The summed E-state index contributed by atoms with van der Waals surface area (Å²) >= 11 is 0. The number of ether oxygens (including phenoxy) is 8. The highest BCUT2D eigenvalue weighted by Crippen LogP contribution is 2.76. The standard InChI is InChI=1S/C53H84O23/c1-48(2)14-16-53(47(68)76-45-37(64)34(61)32(59)26(20-55)71-45)17-15-51(6)22(23(53)18-48)8-9-28-50(5)12-11-29(49(3,4)27(50)10-13-52(28,51)7)72-46-41(75-43-35(62)30(57)24(56)21-69-43)39(38(65)40(74-46)42(66)67)73-44-36(63)33(60)31(58)25(19-54)70-44/h8,23-41,43-46,54-65H,9-21H2,1-7H3,(H,66,67)/t23-,24+,25+,26+,27?,28?,29-,30-,31+,32+,33-,34-,35+,36+,37+,38-,39-,40-,41+,43-,44-,45-,46+,50-,51+,52+,53-/m0/s1. The summed E-state index contributed by atoms with van der Waals surface area (Å²) in [5.74, 6) is -2.22. The average Bonchev–Trinajstić information content (AvgIpc) is 3.53. The van der Waals surface area contributed by atoms with Crippen LogP contribution in [0.25, 0.3) is 0 Å². The minimum absolute atomic E-state index is 0.00491. The van der Waals surface area contributed by atoms with E-state index < -0.39 is 165 Å². The highest BCUT2D eigenvalue weighted by molar-refractivity contribution is 5.79. The Balaban J connectivity index is 0.996. The van der Waals surface area contributed by atoms with Gasteiger partial charge in [-0.2, -0.15) is 0 Å². The van der Waals surface area contributed by atoms with Crippen molar-refractivity contribution in [3.05, 3.63) is 11.6 Å². The largest absolute Gasteiger partial charge is 0.479 e. The second-order valence-electron chi connectivity index (χ2n) is 25.9. The molecule has 0 amide bonds. The van der Waals surface area contributed by atoms with Crippen LogP contribution >= 0.6 is 0 Å². The van der Waals surface area contributed by atoms with Crippen molar-refractivity contribution in [3.8, 4) is 0 Å². The summed E-state index contributed by atoms with van der Waals surface area (Å²) in [5.41, 5.74) is -1.43. The molecule has 9 aliphatic rings. The summed E-state index contributed by atoms with van der Waals surface area (Å²) in [6.07, 6.45) is -25.0. The van der Waals surface area contributed by atoms with Crippen LogP contribution < -0.4 is 0 Å². The third kappa shape index (κ3) is 9.42. The molecule has 8 fully saturated rings. The van der Waals surface area contributed by atoms with E-state index in [0.717, 1.165) is 19.3 Å². The SMILES string of the molecule is CC1(C)CC[C@]2(C(=O)O[C@@H]3O[C@H](CO)[C@@H](O)[C@H](O)[C@H]3O)CC[C@]3(C)C(=CCC4[C@@]5(C)CC[C@H](O[C@@H]6O[C@H](C(=O)O)[C@@H](O)[C@H](O[C@@H]7O[C@H](CO)[C@@H](O)[C@H](O)[C@H]7O)[C@H]6O[C@@H]6OC[C@@H](O)[C@H](O)[C@H]6O)C(C)(C)C5CC[C@]43C)[C@@H]2C1. The summed E-state index contributed by atoms with van der Waals surface area (Å²) in [6, 6.07) is 0. The number of carbonyl (C=O) groups is 2. The van der Waals surface area contributed by atoms with E-state index in [4.69, 9.17) is 37.9 Å². The number of esters is 1. The molecule has 0 bridgehead atoms. The van der Waals surface area contributed by atoms with Gasteiger partial charge in [-0.1, -0.05) is 60.1 Å². The normalized spacial score (nSPS) is 52.9. The van der Waals surface area contributed by atoms with Crippen molar-refractivity contribution in [1.29, 1.82) is 0 Å². The molecule has 5 aliphatic carbocycles. The van der Waals surface area contributed by atoms with Crippen molar-refractivity contribution in [3.63, 3.8) is 0 Å². The zero-order valence-corrected chi connectivity index (χ0v) is 44.4. The Hall–Kier alpha value is -2.08. The van der Waals surface area contributed by atoms with Crippen LogP contribution in [0.4, 0.5) is 0 Å². The van der Waals surface area contributed by atoms with Gasteiger partial charge in [-0.3, -0.25) is 4.79 Å². The Kier molecular flexibility index (Phi) is 16.2. The van der Waals surface area contributed by atoms with Crippen molar-refractivity contribution >= 4 is 11.9 Å². The maximum Gasteiger partial charge on any atom is 0.335 e. The highest BCUT2D eigenvalue weighted by atomic mass is 16.8. The lowest BCUT2D eigenvalue weighted by atomic mass is 9.33. The average molecular weight is 1090 g/mol. The van der Waals surface area contributed by atoms with Crippen LogP contribution in [0.1, 0.15) is 113 Å². The maximum absolute atomic E-state index is 14.8. The molecule has 4 aliphatic heterocycles.